The highest BCUT2D eigenvalue weighted by Gasteiger charge is 2.23. The predicted octanol–water partition coefficient (Wildman–Crippen LogP) is 5.54. The van der Waals surface area contributed by atoms with Crippen LogP contribution < -0.4 is 10.6 Å². The van der Waals surface area contributed by atoms with Gasteiger partial charge < -0.3 is 15.4 Å². The number of thioether (sulfide) groups is 1. The number of rotatable bonds is 7. The molecule has 3 aromatic rings. The zero-order valence-electron chi connectivity index (χ0n) is 16.7. The van der Waals surface area contributed by atoms with Crippen LogP contribution in [0.5, 0.6) is 0 Å². The second kappa shape index (κ2) is 10.5. The number of carbonyl (C=O) groups is 3. The molecule has 31 heavy (non-hydrogen) atoms. The number of thiophene rings is 1. The van der Waals surface area contributed by atoms with Crippen LogP contribution in [0.3, 0.4) is 0 Å². The van der Waals surface area contributed by atoms with Gasteiger partial charge in [-0.2, -0.15) is 0 Å². The molecule has 3 rings (SSSR count). The normalized spacial score (nSPS) is 10.4. The Balaban J connectivity index is 1.72. The van der Waals surface area contributed by atoms with Crippen molar-refractivity contribution < 1.29 is 19.1 Å². The van der Waals surface area contributed by atoms with E-state index in [4.69, 9.17) is 16.3 Å². The Labute approximate surface area is 192 Å². The van der Waals surface area contributed by atoms with Crippen LogP contribution in [0.1, 0.15) is 17.3 Å². The molecule has 0 aliphatic heterocycles. The minimum Gasteiger partial charge on any atom is -0.465 e. The third-order valence-corrected chi connectivity index (χ3v) is 6.38. The number of amides is 2. The molecule has 6 nitrogen and oxygen atoms in total. The molecule has 0 bridgehead atoms. The minimum absolute atomic E-state index is 0.145. The van der Waals surface area contributed by atoms with E-state index in [1.54, 1.807) is 29.6 Å². The van der Waals surface area contributed by atoms with E-state index in [9.17, 15) is 14.4 Å². The summed E-state index contributed by atoms with van der Waals surface area (Å²) in [6, 6.07) is 14.4. The Kier molecular flexibility index (Phi) is 7.73. The van der Waals surface area contributed by atoms with Crippen LogP contribution in [0.4, 0.5) is 10.7 Å². The molecule has 0 atom stereocenters. The molecule has 2 amide bonds. The summed E-state index contributed by atoms with van der Waals surface area (Å²) in [7, 11) is 1.29. The average Bonchev–Trinajstić information content (AvgIpc) is 3.15. The molecule has 1 aromatic heterocycles. The number of hydrogen-bond acceptors (Lipinski definition) is 6. The summed E-state index contributed by atoms with van der Waals surface area (Å²) in [5.41, 5.74) is 2.27. The number of carbonyl (C=O) groups excluding carboxylic acids is 3. The Hall–Kier alpha value is -2.81. The van der Waals surface area contributed by atoms with Crippen LogP contribution in [-0.4, -0.2) is 30.6 Å². The number of nitrogens with one attached hydrogen (secondary N) is 2. The molecule has 0 radical (unpaired) electrons. The first-order chi connectivity index (χ1) is 14.9. The molecule has 0 spiro atoms. The second-order valence-electron chi connectivity index (χ2n) is 6.37. The van der Waals surface area contributed by atoms with E-state index in [0.29, 0.717) is 26.8 Å². The van der Waals surface area contributed by atoms with Crippen LogP contribution in [0, 0.1) is 0 Å². The molecule has 1 heterocycles. The number of methoxy groups -OCH3 is 1. The lowest BCUT2D eigenvalue weighted by Gasteiger charge is -2.09. The molecule has 9 heteroatoms. The first-order valence-electron chi connectivity index (χ1n) is 9.14. The number of halogens is 1. The van der Waals surface area contributed by atoms with Gasteiger partial charge in [0, 0.05) is 39.0 Å². The SMILES string of the molecule is COC(=O)c1c(-c2ccccc2Cl)csc1NC(=O)CSc1ccc(NC(C)=O)cc1. The zero-order valence-corrected chi connectivity index (χ0v) is 19.1. The molecule has 0 saturated carbocycles. The number of hydrogen-bond donors (Lipinski definition) is 2. The first-order valence-corrected chi connectivity index (χ1v) is 11.4. The fourth-order valence-electron chi connectivity index (χ4n) is 2.78. The summed E-state index contributed by atoms with van der Waals surface area (Å²) in [6.45, 7) is 1.44. The third-order valence-electron chi connectivity index (χ3n) is 4.14. The Morgan fingerprint density at radius 2 is 1.74 bits per heavy atom. The standard InChI is InChI=1S/C22H19ClN2O4S2/c1-13(26)24-14-7-9-15(10-8-14)30-12-19(27)25-21-20(22(28)29-2)17(11-31-21)16-5-3-4-6-18(16)23/h3-11H,12H2,1-2H3,(H,24,26)(H,25,27). The smallest absolute Gasteiger partial charge is 0.341 e. The van der Waals surface area contributed by atoms with E-state index >= 15 is 0 Å². The highest BCUT2D eigenvalue weighted by atomic mass is 35.5. The van der Waals surface area contributed by atoms with Gasteiger partial charge in [-0.05, 0) is 30.3 Å². The maximum Gasteiger partial charge on any atom is 0.341 e. The van der Waals surface area contributed by atoms with Gasteiger partial charge >= 0.3 is 5.97 Å². The van der Waals surface area contributed by atoms with Gasteiger partial charge in [0.2, 0.25) is 11.8 Å². The maximum absolute atomic E-state index is 12.5. The minimum atomic E-state index is -0.548. The largest absolute Gasteiger partial charge is 0.465 e. The molecule has 0 saturated heterocycles. The van der Waals surface area contributed by atoms with E-state index in [1.807, 2.05) is 24.3 Å². The van der Waals surface area contributed by atoms with E-state index in [2.05, 4.69) is 10.6 Å². The van der Waals surface area contributed by atoms with Crippen molar-refractivity contribution in [3.63, 3.8) is 0 Å². The van der Waals surface area contributed by atoms with Crippen molar-refractivity contribution >= 4 is 63.2 Å². The lowest BCUT2D eigenvalue weighted by Crippen LogP contribution is -2.16. The van der Waals surface area contributed by atoms with Crippen LogP contribution in [0.15, 0.2) is 58.8 Å². The monoisotopic (exact) mass is 474 g/mol. The zero-order chi connectivity index (χ0) is 22.4. The summed E-state index contributed by atoms with van der Waals surface area (Å²) < 4.78 is 4.92. The van der Waals surface area contributed by atoms with Crippen LogP contribution in [-0.2, 0) is 14.3 Å². The van der Waals surface area contributed by atoms with Crippen LogP contribution in [0.25, 0.3) is 11.1 Å². The molecule has 2 aromatic carbocycles. The summed E-state index contributed by atoms with van der Waals surface area (Å²) in [6.07, 6.45) is 0. The third kappa shape index (κ3) is 5.88. The Morgan fingerprint density at radius 1 is 1.03 bits per heavy atom. The lowest BCUT2D eigenvalue weighted by atomic mass is 10.0. The summed E-state index contributed by atoms with van der Waals surface area (Å²) >= 11 is 8.87. The lowest BCUT2D eigenvalue weighted by molar-refractivity contribution is -0.114. The summed E-state index contributed by atoms with van der Waals surface area (Å²) in [5.74, 6) is -0.797. The maximum atomic E-state index is 12.5. The van der Waals surface area contributed by atoms with E-state index in [1.165, 1.54) is 37.1 Å². The van der Waals surface area contributed by atoms with Crippen molar-refractivity contribution in [2.75, 3.05) is 23.5 Å². The molecular weight excluding hydrogens is 456 g/mol. The average molecular weight is 475 g/mol. The van der Waals surface area contributed by atoms with Gasteiger partial charge in [-0.25, -0.2) is 4.79 Å². The van der Waals surface area contributed by atoms with Crippen molar-refractivity contribution in [2.45, 2.75) is 11.8 Å². The van der Waals surface area contributed by atoms with E-state index in [0.717, 1.165) is 4.90 Å². The topological polar surface area (TPSA) is 84.5 Å². The van der Waals surface area contributed by atoms with Crippen LogP contribution >= 0.6 is 34.7 Å². The number of esters is 1. The quantitative estimate of drug-likeness (QED) is 0.346. The summed E-state index contributed by atoms with van der Waals surface area (Å²) in [5, 5.41) is 8.18. The van der Waals surface area contributed by atoms with Gasteiger partial charge in [0.15, 0.2) is 0 Å². The molecule has 2 N–H and O–H groups in total. The van der Waals surface area contributed by atoms with E-state index in [-0.39, 0.29) is 23.1 Å². The fourth-order valence-corrected chi connectivity index (χ4v) is 4.68. The van der Waals surface area contributed by atoms with Gasteiger partial charge in [-0.15, -0.1) is 23.1 Å². The molecule has 160 valence electrons. The summed E-state index contributed by atoms with van der Waals surface area (Å²) in [4.78, 5) is 36.9. The molecule has 0 unspecified atom stereocenters. The number of benzene rings is 2. The van der Waals surface area contributed by atoms with Crippen molar-refractivity contribution in [3.05, 3.63) is 64.5 Å². The van der Waals surface area contributed by atoms with Gasteiger partial charge in [0.1, 0.15) is 10.6 Å². The van der Waals surface area contributed by atoms with Crippen molar-refractivity contribution in [1.29, 1.82) is 0 Å². The fraction of sp³-hybridized carbons (Fsp3) is 0.136. The first kappa shape index (κ1) is 22.9. The molecule has 0 aliphatic rings. The van der Waals surface area contributed by atoms with Crippen molar-refractivity contribution in [3.8, 4) is 11.1 Å². The van der Waals surface area contributed by atoms with Gasteiger partial charge in [0.25, 0.3) is 0 Å². The van der Waals surface area contributed by atoms with Gasteiger partial charge in [-0.3, -0.25) is 9.59 Å². The van der Waals surface area contributed by atoms with Crippen LogP contribution in [0.2, 0.25) is 5.02 Å². The molecule has 0 aliphatic carbocycles. The predicted molar refractivity (Wildman–Crippen MR) is 126 cm³/mol. The number of ether oxygens (including phenoxy) is 1. The number of anilines is 2. The van der Waals surface area contributed by atoms with Crippen molar-refractivity contribution in [2.24, 2.45) is 0 Å². The highest BCUT2D eigenvalue weighted by molar-refractivity contribution is 8.00. The van der Waals surface area contributed by atoms with Crippen molar-refractivity contribution in [1.82, 2.24) is 0 Å². The Bertz CT molecular complexity index is 1110. The highest BCUT2D eigenvalue weighted by Crippen LogP contribution is 2.39. The van der Waals surface area contributed by atoms with Gasteiger partial charge in [-0.1, -0.05) is 29.8 Å². The molecular formula is C22H19ClN2O4S2. The Morgan fingerprint density at radius 3 is 2.39 bits per heavy atom. The molecule has 0 fully saturated rings. The van der Waals surface area contributed by atoms with Gasteiger partial charge in [0.05, 0.1) is 12.9 Å². The second-order valence-corrected chi connectivity index (χ2v) is 8.70. The van der Waals surface area contributed by atoms with E-state index < -0.39 is 5.97 Å².